The van der Waals surface area contributed by atoms with Crippen LogP contribution in [-0.2, 0) is 0 Å². The summed E-state index contributed by atoms with van der Waals surface area (Å²) in [6, 6.07) is 2.51. The molecule has 0 aliphatic heterocycles. The number of aromatic nitrogens is 3. The molecule has 1 aliphatic rings. The van der Waals surface area contributed by atoms with Crippen molar-refractivity contribution in [3.8, 4) is 0 Å². The lowest BCUT2D eigenvalue weighted by atomic mass is 10.2. The van der Waals surface area contributed by atoms with Crippen LogP contribution in [0, 0.1) is 6.92 Å². The Bertz CT molecular complexity index is 607. The molecule has 0 spiro atoms. The normalized spacial score (nSPS) is 19.6. The van der Waals surface area contributed by atoms with E-state index in [1.54, 1.807) is 6.33 Å². The second-order valence-electron chi connectivity index (χ2n) is 4.47. The maximum Gasteiger partial charge on any atom is 0.144 e. The van der Waals surface area contributed by atoms with Gasteiger partial charge in [0.05, 0.1) is 11.7 Å². The van der Waals surface area contributed by atoms with Crippen LogP contribution in [0.3, 0.4) is 0 Å². The molecule has 0 fully saturated rings. The molecule has 3 nitrogen and oxygen atoms in total. The van der Waals surface area contributed by atoms with E-state index in [0.717, 1.165) is 29.6 Å². The van der Waals surface area contributed by atoms with E-state index >= 15 is 0 Å². The van der Waals surface area contributed by atoms with Crippen molar-refractivity contribution >= 4 is 11.0 Å². The molecule has 3 heteroatoms. The number of hydrogen-bond acceptors (Lipinski definition) is 2. The fraction of sp³-hybridized carbons (Fsp3) is 0.286. The summed E-state index contributed by atoms with van der Waals surface area (Å²) in [6.07, 6.45) is 10.2. The van der Waals surface area contributed by atoms with E-state index < -0.39 is 0 Å². The van der Waals surface area contributed by atoms with Gasteiger partial charge in [0.25, 0.3) is 0 Å². The SMILES string of the molecule is C=CC1=CC(n2ccc3c(C)ncnc32)CC1. The minimum absolute atomic E-state index is 0.412. The predicted molar refractivity (Wildman–Crippen MR) is 68.8 cm³/mol. The highest BCUT2D eigenvalue weighted by Crippen LogP contribution is 2.31. The fourth-order valence-electron chi connectivity index (χ4n) is 2.48. The molecule has 2 heterocycles. The van der Waals surface area contributed by atoms with Crippen molar-refractivity contribution < 1.29 is 0 Å². The Hall–Kier alpha value is -1.90. The smallest absolute Gasteiger partial charge is 0.144 e. The first-order valence-electron chi connectivity index (χ1n) is 5.91. The Balaban J connectivity index is 2.10. The van der Waals surface area contributed by atoms with Crippen molar-refractivity contribution in [3.63, 3.8) is 0 Å². The first kappa shape index (κ1) is 10.3. The van der Waals surface area contributed by atoms with Crippen molar-refractivity contribution in [3.05, 3.63) is 48.6 Å². The molecule has 0 radical (unpaired) electrons. The lowest BCUT2D eigenvalue weighted by Crippen LogP contribution is -2.03. The maximum absolute atomic E-state index is 4.39. The third kappa shape index (κ3) is 1.58. The standard InChI is InChI=1S/C14H15N3/c1-3-11-4-5-12(8-11)17-7-6-13-10(2)15-9-16-14(13)17/h3,6-9,12H,1,4-5H2,2H3. The van der Waals surface area contributed by atoms with E-state index in [4.69, 9.17) is 0 Å². The lowest BCUT2D eigenvalue weighted by Gasteiger charge is -2.10. The van der Waals surface area contributed by atoms with Crippen molar-refractivity contribution in [2.75, 3.05) is 0 Å². The van der Waals surface area contributed by atoms with E-state index in [2.05, 4.69) is 39.5 Å². The van der Waals surface area contributed by atoms with Crippen LogP contribution in [0.25, 0.3) is 11.0 Å². The topological polar surface area (TPSA) is 30.7 Å². The Morgan fingerprint density at radius 3 is 3.12 bits per heavy atom. The van der Waals surface area contributed by atoms with Gasteiger partial charge in [-0.1, -0.05) is 24.3 Å². The summed E-state index contributed by atoms with van der Waals surface area (Å²) in [7, 11) is 0. The Morgan fingerprint density at radius 2 is 2.35 bits per heavy atom. The van der Waals surface area contributed by atoms with Crippen LogP contribution >= 0.6 is 0 Å². The Kier molecular flexibility index (Phi) is 2.32. The van der Waals surface area contributed by atoms with Crippen LogP contribution in [-0.4, -0.2) is 14.5 Å². The van der Waals surface area contributed by atoms with Gasteiger partial charge in [-0.05, 0) is 25.8 Å². The number of hydrogen-bond donors (Lipinski definition) is 0. The molecule has 0 saturated heterocycles. The van der Waals surface area contributed by atoms with E-state index in [9.17, 15) is 0 Å². The second-order valence-corrected chi connectivity index (χ2v) is 4.47. The van der Waals surface area contributed by atoms with Crippen molar-refractivity contribution in [1.29, 1.82) is 0 Å². The van der Waals surface area contributed by atoms with E-state index in [0.29, 0.717) is 6.04 Å². The van der Waals surface area contributed by atoms with Gasteiger partial charge in [-0.15, -0.1) is 0 Å². The average molecular weight is 225 g/mol. The summed E-state index contributed by atoms with van der Waals surface area (Å²) >= 11 is 0. The molecule has 1 atom stereocenters. The lowest BCUT2D eigenvalue weighted by molar-refractivity contribution is 0.605. The van der Waals surface area contributed by atoms with Gasteiger partial charge in [-0.25, -0.2) is 9.97 Å². The monoisotopic (exact) mass is 225 g/mol. The van der Waals surface area contributed by atoms with Gasteiger partial charge in [-0.2, -0.15) is 0 Å². The minimum atomic E-state index is 0.412. The van der Waals surface area contributed by atoms with Gasteiger partial charge in [0.1, 0.15) is 12.0 Å². The molecule has 2 aromatic heterocycles. The molecule has 2 aromatic rings. The molecule has 86 valence electrons. The van der Waals surface area contributed by atoms with Crippen LogP contribution in [0.2, 0.25) is 0 Å². The molecule has 0 aromatic carbocycles. The molecule has 0 bridgehead atoms. The largest absolute Gasteiger partial charge is 0.325 e. The molecule has 1 aliphatic carbocycles. The molecule has 1 unspecified atom stereocenters. The molecule has 0 saturated carbocycles. The second kappa shape index (κ2) is 3.84. The van der Waals surface area contributed by atoms with Gasteiger partial charge in [0.2, 0.25) is 0 Å². The molecule has 0 N–H and O–H groups in total. The van der Waals surface area contributed by atoms with E-state index in [-0.39, 0.29) is 0 Å². The third-order valence-electron chi connectivity index (χ3n) is 3.46. The van der Waals surface area contributed by atoms with E-state index in [1.165, 1.54) is 5.57 Å². The van der Waals surface area contributed by atoms with Crippen LogP contribution < -0.4 is 0 Å². The van der Waals surface area contributed by atoms with Gasteiger partial charge in [-0.3, -0.25) is 0 Å². The summed E-state index contributed by atoms with van der Waals surface area (Å²) in [5.74, 6) is 0. The molecular weight excluding hydrogens is 210 g/mol. The third-order valence-corrected chi connectivity index (χ3v) is 3.46. The van der Waals surface area contributed by atoms with Crippen molar-refractivity contribution in [2.45, 2.75) is 25.8 Å². The van der Waals surface area contributed by atoms with Gasteiger partial charge in [0.15, 0.2) is 0 Å². The highest BCUT2D eigenvalue weighted by atomic mass is 15.1. The zero-order chi connectivity index (χ0) is 11.8. The van der Waals surface area contributed by atoms with Crippen molar-refractivity contribution in [1.82, 2.24) is 14.5 Å². The maximum atomic E-state index is 4.39. The fourth-order valence-corrected chi connectivity index (χ4v) is 2.48. The number of fused-ring (bicyclic) bond motifs is 1. The first-order chi connectivity index (χ1) is 8.29. The van der Waals surface area contributed by atoms with Crippen molar-refractivity contribution in [2.24, 2.45) is 0 Å². The zero-order valence-corrected chi connectivity index (χ0v) is 9.93. The minimum Gasteiger partial charge on any atom is -0.325 e. The first-order valence-corrected chi connectivity index (χ1v) is 5.91. The highest BCUT2D eigenvalue weighted by Gasteiger charge is 2.18. The number of nitrogens with zero attached hydrogens (tertiary/aromatic N) is 3. The van der Waals surface area contributed by atoms with Crippen LogP contribution in [0.4, 0.5) is 0 Å². The van der Waals surface area contributed by atoms with E-state index in [1.807, 2.05) is 13.0 Å². The predicted octanol–water partition coefficient (Wildman–Crippen LogP) is 3.19. The van der Waals surface area contributed by atoms with Gasteiger partial charge in [0, 0.05) is 11.6 Å². The Labute approximate surface area is 101 Å². The molecule has 3 rings (SSSR count). The Morgan fingerprint density at radius 1 is 1.47 bits per heavy atom. The molecule has 0 amide bonds. The van der Waals surface area contributed by atoms with Crippen LogP contribution in [0.15, 0.2) is 42.9 Å². The summed E-state index contributed by atoms with van der Waals surface area (Å²) in [5.41, 5.74) is 3.41. The zero-order valence-electron chi connectivity index (χ0n) is 9.93. The molecular formula is C14H15N3. The molecule has 17 heavy (non-hydrogen) atoms. The van der Waals surface area contributed by atoms with Gasteiger partial charge < -0.3 is 4.57 Å². The van der Waals surface area contributed by atoms with Crippen LogP contribution in [0.5, 0.6) is 0 Å². The number of allylic oxidation sites excluding steroid dienone is 3. The highest BCUT2D eigenvalue weighted by molar-refractivity contribution is 5.78. The van der Waals surface area contributed by atoms with Gasteiger partial charge >= 0.3 is 0 Å². The number of aryl methyl sites for hydroxylation is 1. The summed E-state index contributed by atoms with van der Waals surface area (Å²) in [6.45, 7) is 5.85. The van der Waals surface area contributed by atoms with Crippen LogP contribution in [0.1, 0.15) is 24.6 Å². The average Bonchev–Trinajstić information content (AvgIpc) is 2.94. The number of rotatable bonds is 2. The summed E-state index contributed by atoms with van der Waals surface area (Å²) < 4.78 is 2.24. The summed E-state index contributed by atoms with van der Waals surface area (Å²) in [4.78, 5) is 8.62. The quantitative estimate of drug-likeness (QED) is 0.785. The summed E-state index contributed by atoms with van der Waals surface area (Å²) in [5, 5.41) is 1.15.